The molecule has 3 N–H and O–H groups in total. The van der Waals surface area contributed by atoms with Gasteiger partial charge in [0, 0.05) is 30.7 Å². The topological polar surface area (TPSA) is 113 Å². The van der Waals surface area contributed by atoms with Crippen LogP contribution < -0.4 is 5.32 Å². The summed E-state index contributed by atoms with van der Waals surface area (Å²) in [4.78, 5) is 39.5. The number of ether oxygens (including phenoxy) is 1. The number of nitrogens with one attached hydrogen (secondary N) is 1. The van der Waals surface area contributed by atoms with Crippen LogP contribution in [0.3, 0.4) is 0 Å². The second-order valence-electron chi connectivity index (χ2n) is 11.0. The van der Waals surface area contributed by atoms with Crippen LogP contribution >= 0.6 is 0 Å². The number of amides is 1. The first-order chi connectivity index (χ1) is 17.4. The summed E-state index contributed by atoms with van der Waals surface area (Å²) < 4.78 is 5.82. The van der Waals surface area contributed by atoms with Crippen molar-refractivity contribution in [2.45, 2.75) is 71.3 Å². The lowest BCUT2D eigenvalue weighted by molar-refractivity contribution is -0.161. The smallest absolute Gasteiger partial charge is 0.303 e. The van der Waals surface area contributed by atoms with E-state index in [0.29, 0.717) is 12.8 Å². The van der Waals surface area contributed by atoms with Crippen molar-refractivity contribution in [3.63, 3.8) is 0 Å². The third-order valence-electron chi connectivity index (χ3n) is 8.49. The largest absolute Gasteiger partial charge is 0.457 e. The van der Waals surface area contributed by atoms with E-state index in [1.165, 1.54) is 26.0 Å². The SMILES string of the molecule is CC(=O)O[C@@H]1/C=C/[C@@](C)(O)C(=O)[C@H](C)C/C=C/[C@H]2[C@H](O)C(C)=C(C)[C@@H]3[C@H](Cc4ccccc4)NC(=O)[C@@]312. The molecule has 8 atom stereocenters. The van der Waals surface area contributed by atoms with Crippen LogP contribution in [-0.2, 0) is 25.5 Å². The van der Waals surface area contributed by atoms with E-state index in [1.807, 2.05) is 44.2 Å². The van der Waals surface area contributed by atoms with Gasteiger partial charge in [-0.3, -0.25) is 14.4 Å². The Balaban J connectivity index is 1.96. The zero-order valence-corrected chi connectivity index (χ0v) is 22.1. The Labute approximate surface area is 218 Å². The van der Waals surface area contributed by atoms with E-state index in [-0.39, 0.29) is 17.7 Å². The molecule has 7 heteroatoms. The van der Waals surface area contributed by atoms with Crippen LogP contribution in [0.5, 0.6) is 0 Å². The van der Waals surface area contributed by atoms with Gasteiger partial charge in [-0.15, -0.1) is 0 Å². The third kappa shape index (κ3) is 4.59. The standard InChI is InChI=1S/C30H37NO6/c1-17-10-9-13-22-26(33)19(3)18(2)25-23(16-21-11-7-6-8-12-21)31-28(35)30(22,25)24(37-20(4)32)14-15-29(5,36)27(17)34/h6-9,11-15,17,22-26,33,36H,10,16H2,1-5H3,(H,31,35)/b13-9+,15-14+/t17-,22+,23+,24-,25-,26-,29-,30-/m1/s1. The summed E-state index contributed by atoms with van der Waals surface area (Å²) in [5.74, 6) is -2.92. The van der Waals surface area contributed by atoms with Crippen LogP contribution in [0, 0.1) is 23.2 Å². The van der Waals surface area contributed by atoms with Crippen molar-refractivity contribution >= 4 is 17.7 Å². The minimum absolute atomic E-state index is 0.314. The van der Waals surface area contributed by atoms with Crippen molar-refractivity contribution < 1.29 is 29.3 Å². The van der Waals surface area contributed by atoms with Crippen LogP contribution in [-0.4, -0.2) is 51.7 Å². The Kier molecular flexibility index (Phi) is 7.32. The van der Waals surface area contributed by atoms with Gasteiger partial charge in [-0.1, -0.05) is 55.0 Å². The highest BCUT2D eigenvalue weighted by Gasteiger charge is 2.67. The minimum Gasteiger partial charge on any atom is -0.457 e. The number of hydrogen-bond acceptors (Lipinski definition) is 6. The van der Waals surface area contributed by atoms with Gasteiger partial charge in [0.2, 0.25) is 5.91 Å². The van der Waals surface area contributed by atoms with Gasteiger partial charge in [-0.2, -0.15) is 0 Å². The van der Waals surface area contributed by atoms with Crippen molar-refractivity contribution in [1.29, 1.82) is 0 Å². The molecule has 4 rings (SSSR count). The Bertz CT molecular complexity index is 1170. The molecule has 0 saturated carbocycles. The van der Waals surface area contributed by atoms with Crippen LogP contribution in [0.1, 0.15) is 46.6 Å². The molecule has 7 nitrogen and oxygen atoms in total. The molecule has 1 aromatic rings. The fourth-order valence-electron chi connectivity index (χ4n) is 6.54. The first kappa shape index (κ1) is 27.0. The van der Waals surface area contributed by atoms with E-state index in [1.54, 1.807) is 19.1 Å². The lowest BCUT2D eigenvalue weighted by Crippen LogP contribution is -2.58. The van der Waals surface area contributed by atoms with Crippen LogP contribution in [0.4, 0.5) is 0 Å². The minimum atomic E-state index is -1.82. The molecule has 1 fully saturated rings. The molecule has 1 spiro atoms. The molecule has 0 bridgehead atoms. The highest BCUT2D eigenvalue weighted by Crippen LogP contribution is 2.57. The van der Waals surface area contributed by atoms with Crippen molar-refractivity contribution in [3.05, 3.63) is 71.3 Å². The average molecular weight is 508 g/mol. The molecule has 2 aliphatic carbocycles. The molecular formula is C30H37NO6. The van der Waals surface area contributed by atoms with E-state index in [0.717, 1.165) is 16.7 Å². The van der Waals surface area contributed by atoms with Crippen molar-refractivity contribution in [2.75, 3.05) is 0 Å². The van der Waals surface area contributed by atoms with Gasteiger partial charge >= 0.3 is 5.97 Å². The normalized spacial score (nSPS) is 39.6. The highest BCUT2D eigenvalue weighted by atomic mass is 16.5. The molecule has 1 aliphatic heterocycles. The molecule has 0 aromatic heterocycles. The Morgan fingerprint density at radius 3 is 2.46 bits per heavy atom. The molecule has 37 heavy (non-hydrogen) atoms. The van der Waals surface area contributed by atoms with Crippen molar-refractivity contribution in [1.82, 2.24) is 5.32 Å². The van der Waals surface area contributed by atoms with E-state index < -0.39 is 46.9 Å². The van der Waals surface area contributed by atoms with Crippen LogP contribution in [0.15, 0.2) is 65.8 Å². The average Bonchev–Trinajstić information content (AvgIpc) is 3.13. The van der Waals surface area contributed by atoms with Crippen LogP contribution in [0.25, 0.3) is 0 Å². The molecular weight excluding hydrogens is 470 g/mol. The number of carbonyl (C=O) groups excluding carboxylic acids is 3. The highest BCUT2D eigenvalue weighted by molar-refractivity contribution is 5.91. The maximum atomic E-state index is 14.2. The van der Waals surface area contributed by atoms with Gasteiger partial charge < -0.3 is 20.3 Å². The zero-order chi connectivity index (χ0) is 27.1. The molecule has 0 unspecified atom stereocenters. The number of benzene rings is 1. The summed E-state index contributed by atoms with van der Waals surface area (Å²) in [7, 11) is 0. The van der Waals surface area contributed by atoms with E-state index >= 15 is 0 Å². The summed E-state index contributed by atoms with van der Waals surface area (Å²) in [6.07, 6.45) is 5.17. The molecule has 1 amide bonds. The number of esters is 1. The number of aliphatic hydroxyl groups excluding tert-OH is 1. The lowest BCUT2D eigenvalue weighted by Gasteiger charge is -2.49. The van der Waals surface area contributed by atoms with Gasteiger partial charge in [-0.05, 0) is 56.9 Å². The third-order valence-corrected chi connectivity index (χ3v) is 8.49. The number of carbonyl (C=O) groups is 3. The van der Waals surface area contributed by atoms with Crippen molar-refractivity contribution in [2.24, 2.45) is 23.2 Å². The van der Waals surface area contributed by atoms with E-state index in [9.17, 15) is 24.6 Å². The summed E-state index contributed by atoms with van der Waals surface area (Å²) in [5, 5.41) is 25.7. The first-order valence-corrected chi connectivity index (χ1v) is 12.9. The summed E-state index contributed by atoms with van der Waals surface area (Å²) in [5.41, 5.74) is -0.500. The first-order valence-electron chi connectivity index (χ1n) is 12.9. The molecule has 0 radical (unpaired) electrons. The fraction of sp³-hybridized carbons (Fsp3) is 0.500. The number of hydrogen-bond donors (Lipinski definition) is 3. The zero-order valence-electron chi connectivity index (χ0n) is 22.1. The number of aliphatic hydroxyl groups is 2. The summed E-state index contributed by atoms with van der Waals surface area (Å²) in [6.45, 7) is 8.20. The second kappa shape index (κ2) is 10.0. The van der Waals surface area contributed by atoms with Crippen molar-refractivity contribution in [3.8, 4) is 0 Å². The molecule has 1 aromatic carbocycles. The van der Waals surface area contributed by atoms with E-state index in [2.05, 4.69) is 5.32 Å². The summed E-state index contributed by atoms with van der Waals surface area (Å²) in [6, 6.07) is 9.52. The lowest BCUT2D eigenvalue weighted by atomic mass is 9.54. The predicted octanol–water partition coefficient (Wildman–Crippen LogP) is 3.06. The maximum absolute atomic E-state index is 14.2. The van der Waals surface area contributed by atoms with Gasteiger partial charge in [0.25, 0.3) is 0 Å². The number of rotatable bonds is 3. The molecule has 1 saturated heterocycles. The molecule has 1 heterocycles. The summed E-state index contributed by atoms with van der Waals surface area (Å²) >= 11 is 0. The Hall–Kier alpha value is -3.03. The number of Topliss-reactive ketones (excluding diaryl/α,β-unsaturated/α-hetero) is 1. The number of ketones is 1. The number of allylic oxidation sites excluding steroid dienone is 1. The van der Waals surface area contributed by atoms with Crippen LogP contribution in [0.2, 0.25) is 0 Å². The predicted molar refractivity (Wildman–Crippen MR) is 139 cm³/mol. The Morgan fingerprint density at radius 2 is 1.81 bits per heavy atom. The van der Waals surface area contributed by atoms with Gasteiger partial charge in [0.15, 0.2) is 5.78 Å². The Morgan fingerprint density at radius 1 is 1.14 bits per heavy atom. The quantitative estimate of drug-likeness (QED) is 0.428. The van der Waals surface area contributed by atoms with E-state index in [4.69, 9.17) is 4.74 Å². The van der Waals surface area contributed by atoms with Gasteiger partial charge in [0.1, 0.15) is 17.1 Å². The fourth-order valence-corrected chi connectivity index (χ4v) is 6.54. The maximum Gasteiger partial charge on any atom is 0.303 e. The van der Waals surface area contributed by atoms with Gasteiger partial charge in [-0.25, -0.2) is 0 Å². The monoisotopic (exact) mass is 507 g/mol. The molecule has 198 valence electrons. The molecule has 3 aliphatic rings. The van der Waals surface area contributed by atoms with Gasteiger partial charge in [0.05, 0.1) is 6.10 Å². The second-order valence-corrected chi connectivity index (χ2v) is 11.0.